The third-order valence-corrected chi connectivity index (χ3v) is 3.43. The fraction of sp³-hybridized carbons (Fsp3) is 0. The van der Waals surface area contributed by atoms with Crippen LogP contribution in [0.4, 0.5) is 5.82 Å². The van der Waals surface area contributed by atoms with Crippen LogP contribution < -0.4 is 5.32 Å². The summed E-state index contributed by atoms with van der Waals surface area (Å²) in [5, 5.41) is 10.3. The highest BCUT2D eigenvalue weighted by Gasteiger charge is 2.11. The van der Waals surface area contributed by atoms with Gasteiger partial charge in [-0.15, -0.1) is 10.2 Å². The van der Waals surface area contributed by atoms with Crippen LogP contribution in [-0.2, 0) is 0 Å². The van der Waals surface area contributed by atoms with Gasteiger partial charge in [0.15, 0.2) is 11.0 Å². The molecule has 1 amide bonds. The number of hydrogen-bond acceptors (Lipinski definition) is 3. The second kappa shape index (κ2) is 5.77. The van der Waals surface area contributed by atoms with Gasteiger partial charge in [0.2, 0.25) is 0 Å². The molecular formula is C11H6Br2ClN3O. The Hall–Kier alpha value is -0.980. The van der Waals surface area contributed by atoms with Crippen molar-refractivity contribution in [2.24, 2.45) is 0 Å². The second-order valence-corrected chi connectivity index (χ2v) is 5.48. The first-order valence-electron chi connectivity index (χ1n) is 4.82. The largest absolute Gasteiger partial charge is 0.305 e. The van der Waals surface area contributed by atoms with Crippen LogP contribution in [0.15, 0.2) is 39.3 Å². The van der Waals surface area contributed by atoms with E-state index < -0.39 is 0 Å². The second-order valence-electron chi connectivity index (χ2n) is 3.32. The molecule has 0 unspecified atom stereocenters. The summed E-state index contributed by atoms with van der Waals surface area (Å²) in [4.78, 5) is 12.0. The first kappa shape index (κ1) is 13.5. The normalized spacial score (nSPS) is 10.2. The van der Waals surface area contributed by atoms with Crippen molar-refractivity contribution >= 4 is 55.2 Å². The van der Waals surface area contributed by atoms with Crippen LogP contribution in [0.3, 0.4) is 0 Å². The zero-order chi connectivity index (χ0) is 13.1. The Kier molecular flexibility index (Phi) is 4.31. The number of nitrogens with one attached hydrogen (secondary N) is 1. The number of anilines is 1. The summed E-state index contributed by atoms with van der Waals surface area (Å²) in [6, 6.07) is 8.47. The molecule has 7 heteroatoms. The predicted octanol–water partition coefficient (Wildman–Crippen LogP) is 3.91. The van der Waals surface area contributed by atoms with Crippen LogP contribution >= 0.6 is 43.5 Å². The number of amides is 1. The zero-order valence-corrected chi connectivity index (χ0v) is 12.8. The minimum atomic E-state index is -0.278. The van der Waals surface area contributed by atoms with Gasteiger partial charge in [-0.2, -0.15) is 0 Å². The Morgan fingerprint density at radius 3 is 2.61 bits per heavy atom. The number of rotatable bonds is 2. The molecular weight excluding hydrogens is 385 g/mol. The molecule has 18 heavy (non-hydrogen) atoms. The lowest BCUT2D eigenvalue weighted by Gasteiger charge is -2.06. The number of halogens is 3. The molecule has 0 aliphatic carbocycles. The van der Waals surface area contributed by atoms with Gasteiger partial charge in [-0.25, -0.2) is 0 Å². The van der Waals surface area contributed by atoms with E-state index in [1.165, 1.54) is 0 Å². The van der Waals surface area contributed by atoms with E-state index in [4.69, 9.17) is 11.6 Å². The highest BCUT2D eigenvalue weighted by molar-refractivity contribution is 9.11. The number of aromatic nitrogens is 2. The van der Waals surface area contributed by atoms with E-state index in [9.17, 15) is 4.79 Å². The summed E-state index contributed by atoms with van der Waals surface area (Å²) in [6.45, 7) is 0. The van der Waals surface area contributed by atoms with E-state index in [1.807, 2.05) is 6.07 Å². The molecule has 2 aromatic rings. The lowest BCUT2D eigenvalue weighted by atomic mass is 10.2. The molecule has 4 nitrogen and oxygen atoms in total. The Bertz CT molecular complexity index is 589. The molecule has 0 bridgehead atoms. The molecule has 0 saturated carbocycles. The van der Waals surface area contributed by atoms with Crippen molar-refractivity contribution < 1.29 is 4.79 Å². The third-order valence-electron chi connectivity index (χ3n) is 2.05. The smallest absolute Gasteiger partial charge is 0.258 e. The highest BCUT2D eigenvalue weighted by Crippen LogP contribution is 2.22. The fourth-order valence-electron chi connectivity index (χ4n) is 1.24. The molecule has 1 heterocycles. The lowest BCUT2D eigenvalue weighted by Crippen LogP contribution is -2.14. The molecule has 1 N–H and O–H groups in total. The van der Waals surface area contributed by atoms with Gasteiger partial charge < -0.3 is 5.32 Å². The van der Waals surface area contributed by atoms with Crippen LogP contribution in [0, 0.1) is 0 Å². The van der Waals surface area contributed by atoms with Crippen LogP contribution in [0.25, 0.3) is 0 Å². The summed E-state index contributed by atoms with van der Waals surface area (Å²) in [5.74, 6) is 0.0658. The van der Waals surface area contributed by atoms with Gasteiger partial charge in [0.1, 0.15) is 0 Å². The SMILES string of the molecule is O=C(Nc1ccc(Cl)nn1)c1cc(Br)ccc1Br. The zero-order valence-electron chi connectivity index (χ0n) is 8.82. The van der Waals surface area contributed by atoms with Crippen LogP contribution in [-0.4, -0.2) is 16.1 Å². The molecule has 92 valence electrons. The topological polar surface area (TPSA) is 54.9 Å². The van der Waals surface area contributed by atoms with Crippen LogP contribution in [0.2, 0.25) is 5.15 Å². The van der Waals surface area contributed by atoms with Crippen LogP contribution in [0.5, 0.6) is 0 Å². The number of hydrogen-bond donors (Lipinski definition) is 1. The van der Waals surface area contributed by atoms with Crippen molar-refractivity contribution in [2.45, 2.75) is 0 Å². The van der Waals surface area contributed by atoms with Gasteiger partial charge in [0.25, 0.3) is 5.91 Å². The average Bonchev–Trinajstić information content (AvgIpc) is 2.35. The van der Waals surface area contributed by atoms with Gasteiger partial charge in [0.05, 0.1) is 5.56 Å². The Labute approximate surface area is 125 Å². The van der Waals surface area contributed by atoms with E-state index in [1.54, 1.807) is 24.3 Å². The molecule has 0 aliphatic rings. The van der Waals surface area contributed by atoms with E-state index in [0.29, 0.717) is 15.9 Å². The molecule has 0 spiro atoms. The van der Waals surface area contributed by atoms with Crippen molar-refractivity contribution in [3.8, 4) is 0 Å². The summed E-state index contributed by atoms with van der Waals surface area (Å²) >= 11 is 12.2. The number of carbonyl (C=O) groups excluding carboxylic acids is 1. The van der Waals surface area contributed by atoms with Gasteiger partial charge in [-0.05, 0) is 46.3 Å². The lowest BCUT2D eigenvalue weighted by molar-refractivity contribution is 0.102. The molecule has 1 aromatic heterocycles. The minimum Gasteiger partial charge on any atom is -0.305 e. The van der Waals surface area contributed by atoms with Crippen LogP contribution in [0.1, 0.15) is 10.4 Å². The highest BCUT2D eigenvalue weighted by atomic mass is 79.9. The molecule has 1 aromatic carbocycles. The van der Waals surface area contributed by atoms with Crippen molar-refractivity contribution in [1.82, 2.24) is 10.2 Å². The van der Waals surface area contributed by atoms with E-state index in [-0.39, 0.29) is 11.1 Å². The predicted molar refractivity (Wildman–Crippen MR) is 76.8 cm³/mol. The Morgan fingerprint density at radius 2 is 1.94 bits per heavy atom. The molecule has 0 fully saturated rings. The van der Waals surface area contributed by atoms with Gasteiger partial charge in [-0.3, -0.25) is 4.79 Å². The van der Waals surface area contributed by atoms with E-state index in [0.717, 1.165) is 4.47 Å². The van der Waals surface area contributed by atoms with Crippen molar-refractivity contribution in [3.63, 3.8) is 0 Å². The number of benzene rings is 1. The molecule has 0 aliphatic heterocycles. The van der Waals surface area contributed by atoms with Crippen molar-refractivity contribution in [3.05, 3.63) is 50.0 Å². The van der Waals surface area contributed by atoms with Crippen molar-refractivity contribution in [2.75, 3.05) is 5.32 Å². The molecule has 2 rings (SSSR count). The molecule has 0 radical (unpaired) electrons. The van der Waals surface area contributed by atoms with Gasteiger partial charge >= 0.3 is 0 Å². The van der Waals surface area contributed by atoms with Gasteiger partial charge in [-0.1, -0.05) is 27.5 Å². The van der Waals surface area contributed by atoms with E-state index >= 15 is 0 Å². The Morgan fingerprint density at radius 1 is 1.17 bits per heavy atom. The Balaban J connectivity index is 2.21. The quantitative estimate of drug-likeness (QED) is 0.845. The standard InChI is InChI=1S/C11H6Br2ClN3O/c12-6-1-2-8(13)7(5-6)11(18)15-10-4-3-9(14)16-17-10/h1-5H,(H,15,17,18). The maximum atomic E-state index is 12.0. The summed E-state index contributed by atoms with van der Waals surface area (Å²) < 4.78 is 1.52. The minimum absolute atomic E-state index is 0.275. The summed E-state index contributed by atoms with van der Waals surface area (Å²) in [7, 11) is 0. The van der Waals surface area contributed by atoms with E-state index in [2.05, 4.69) is 47.4 Å². The monoisotopic (exact) mass is 389 g/mol. The third kappa shape index (κ3) is 3.28. The first-order valence-corrected chi connectivity index (χ1v) is 6.78. The number of nitrogens with zero attached hydrogens (tertiary/aromatic N) is 2. The average molecular weight is 391 g/mol. The molecule has 0 saturated heterocycles. The summed E-state index contributed by atoms with van der Waals surface area (Å²) in [6.07, 6.45) is 0. The van der Waals surface area contributed by atoms with Gasteiger partial charge in [0, 0.05) is 8.95 Å². The van der Waals surface area contributed by atoms with Crippen molar-refractivity contribution in [1.29, 1.82) is 0 Å². The first-order chi connectivity index (χ1) is 8.56. The fourth-order valence-corrected chi connectivity index (χ4v) is 2.13. The maximum Gasteiger partial charge on any atom is 0.258 e. The summed E-state index contributed by atoms with van der Waals surface area (Å²) in [5.41, 5.74) is 0.501. The maximum absolute atomic E-state index is 12.0. The number of carbonyl (C=O) groups is 1. The molecule has 0 atom stereocenters.